The summed E-state index contributed by atoms with van der Waals surface area (Å²) in [6.07, 6.45) is 6.22. The molecule has 2 aliphatic heterocycles. The van der Waals surface area contributed by atoms with Gasteiger partial charge in [0.15, 0.2) is 0 Å². The first-order chi connectivity index (χ1) is 10.1. The third-order valence-electron chi connectivity index (χ3n) is 5.83. The van der Waals surface area contributed by atoms with Crippen molar-refractivity contribution in [2.75, 3.05) is 14.1 Å². The zero-order valence-electron chi connectivity index (χ0n) is 13.4. The molecule has 2 heterocycles. The summed E-state index contributed by atoms with van der Waals surface area (Å²) in [5.41, 5.74) is 2.35. The molecule has 0 amide bonds. The predicted molar refractivity (Wildman–Crippen MR) is 85.0 cm³/mol. The van der Waals surface area contributed by atoms with E-state index in [4.69, 9.17) is 0 Å². The van der Waals surface area contributed by atoms with Crippen molar-refractivity contribution < 1.29 is 4.39 Å². The maximum Gasteiger partial charge on any atom is 0.123 e. The quantitative estimate of drug-likeness (QED) is 0.916. The number of nitrogens with zero attached hydrogens (tertiary/aromatic N) is 1. The first kappa shape index (κ1) is 15.0. The number of benzene rings is 1. The summed E-state index contributed by atoms with van der Waals surface area (Å²) in [7, 11) is 4.34. The highest BCUT2D eigenvalue weighted by Gasteiger charge is 2.40. The van der Waals surface area contributed by atoms with Crippen molar-refractivity contribution >= 4 is 0 Å². The van der Waals surface area contributed by atoms with Crippen LogP contribution in [0.1, 0.15) is 36.8 Å². The summed E-state index contributed by atoms with van der Waals surface area (Å²) < 4.78 is 13.5. The maximum atomic E-state index is 13.5. The molecule has 3 heteroatoms. The topological polar surface area (TPSA) is 15.3 Å². The molecule has 2 nitrogen and oxygen atoms in total. The Morgan fingerprint density at radius 2 is 1.95 bits per heavy atom. The molecule has 0 radical (unpaired) electrons. The van der Waals surface area contributed by atoms with Gasteiger partial charge in [0.05, 0.1) is 0 Å². The second-order valence-corrected chi connectivity index (χ2v) is 6.95. The van der Waals surface area contributed by atoms with Gasteiger partial charge in [-0.25, -0.2) is 4.39 Å². The summed E-state index contributed by atoms with van der Waals surface area (Å²) in [5.74, 6) is 0.597. The monoisotopic (exact) mass is 290 g/mol. The van der Waals surface area contributed by atoms with Crippen LogP contribution < -0.4 is 5.32 Å². The Bertz CT molecular complexity index is 488. The van der Waals surface area contributed by atoms with Crippen molar-refractivity contribution in [2.24, 2.45) is 5.92 Å². The van der Waals surface area contributed by atoms with Gasteiger partial charge in [0, 0.05) is 18.1 Å². The minimum Gasteiger partial charge on any atom is -0.316 e. The number of halogens is 1. The van der Waals surface area contributed by atoms with E-state index in [1.165, 1.54) is 31.2 Å². The van der Waals surface area contributed by atoms with Gasteiger partial charge in [-0.3, -0.25) is 0 Å². The normalized spacial score (nSPS) is 30.6. The average molecular weight is 290 g/mol. The second-order valence-electron chi connectivity index (χ2n) is 6.95. The number of aryl methyl sites for hydroxylation is 1. The molecule has 2 aliphatic rings. The molecule has 0 aromatic heterocycles. The number of rotatable bonds is 4. The van der Waals surface area contributed by atoms with E-state index in [0.717, 1.165) is 24.1 Å². The third kappa shape index (κ3) is 3.00. The van der Waals surface area contributed by atoms with Crippen molar-refractivity contribution in [2.45, 2.75) is 57.2 Å². The van der Waals surface area contributed by atoms with E-state index in [9.17, 15) is 4.39 Å². The smallest absolute Gasteiger partial charge is 0.123 e. The molecule has 0 saturated carbocycles. The van der Waals surface area contributed by atoms with Crippen LogP contribution in [0.4, 0.5) is 4.39 Å². The zero-order valence-corrected chi connectivity index (χ0v) is 13.4. The predicted octanol–water partition coefficient (Wildman–Crippen LogP) is 3.14. The van der Waals surface area contributed by atoms with E-state index in [0.29, 0.717) is 12.0 Å². The number of fused-ring (bicyclic) bond motifs is 2. The lowest BCUT2D eigenvalue weighted by Gasteiger charge is -2.40. The maximum absolute atomic E-state index is 13.5. The number of hydrogen-bond donors (Lipinski definition) is 1. The van der Waals surface area contributed by atoms with Crippen molar-refractivity contribution in [3.8, 4) is 0 Å². The van der Waals surface area contributed by atoms with Crippen molar-refractivity contribution in [3.63, 3.8) is 0 Å². The molecule has 1 aromatic rings. The molecule has 2 bridgehead atoms. The molecule has 0 spiro atoms. The number of likely N-dealkylation sites (N-methyl/N-ethyl adjacent to an activating group) is 1. The van der Waals surface area contributed by atoms with Crippen LogP contribution in [0.25, 0.3) is 0 Å². The molecule has 2 fully saturated rings. The summed E-state index contributed by atoms with van der Waals surface area (Å²) in [5, 5.41) is 3.51. The van der Waals surface area contributed by atoms with Gasteiger partial charge in [-0.2, -0.15) is 0 Å². The Kier molecular flexibility index (Phi) is 4.32. The molecule has 3 rings (SSSR count). The summed E-state index contributed by atoms with van der Waals surface area (Å²) in [6.45, 7) is 2.08. The molecule has 1 N–H and O–H groups in total. The van der Waals surface area contributed by atoms with Gasteiger partial charge in [-0.15, -0.1) is 0 Å². The molecule has 3 unspecified atom stereocenters. The Morgan fingerprint density at radius 3 is 2.57 bits per heavy atom. The lowest BCUT2D eigenvalue weighted by molar-refractivity contribution is 0.114. The Labute approximate surface area is 127 Å². The number of piperidine rings is 1. The zero-order chi connectivity index (χ0) is 15.0. The SMILES string of the molecule is CNC(Cc1cc(F)ccc1C)C1CC2CCC(C1)N2C. The molecule has 0 aliphatic carbocycles. The molecule has 3 atom stereocenters. The summed E-state index contributed by atoms with van der Waals surface area (Å²) in [6, 6.07) is 7.15. The van der Waals surface area contributed by atoms with Gasteiger partial charge in [0.25, 0.3) is 0 Å². The Balaban J connectivity index is 1.72. The van der Waals surface area contributed by atoms with E-state index in [1.807, 2.05) is 6.07 Å². The summed E-state index contributed by atoms with van der Waals surface area (Å²) >= 11 is 0. The lowest BCUT2D eigenvalue weighted by Crippen LogP contribution is -2.47. The summed E-state index contributed by atoms with van der Waals surface area (Å²) in [4.78, 5) is 2.58. The molecule has 2 saturated heterocycles. The van der Waals surface area contributed by atoms with E-state index < -0.39 is 0 Å². The van der Waals surface area contributed by atoms with Gasteiger partial charge < -0.3 is 10.2 Å². The van der Waals surface area contributed by atoms with Crippen LogP contribution in [0.3, 0.4) is 0 Å². The van der Waals surface area contributed by atoms with E-state index in [2.05, 4.69) is 31.2 Å². The minimum atomic E-state index is -0.117. The number of hydrogen-bond acceptors (Lipinski definition) is 2. The minimum absolute atomic E-state index is 0.117. The van der Waals surface area contributed by atoms with Gasteiger partial charge in [0.2, 0.25) is 0 Å². The molecular weight excluding hydrogens is 263 g/mol. The van der Waals surface area contributed by atoms with E-state index in [-0.39, 0.29) is 5.82 Å². The van der Waals surface area contributed by atoms with Crippen LogP contribution in [0, 0.1) is 18.7 Å². The van der Waals surface area contributed by atoms with Gasteiger partial charge in [-0.05, 0) is 82.3 Å². The highest BCUT2D eigenvalue weighted by molar-refractivity contribution is 5.27. The number of nitrogens with one attached hydrogen (secondary N) is 1. The molecular formula is C18H27FN2. The lowest BCUT2D eigenvalue weighted by atomic mass is 9.82. The van der Waals surface area contributed by atoms with Crippen LogP contribution in [0.5, 0.6) is 0 Å². The average Bonchev–Trinajstić information content (AvgIpc) is 2.69. The fraction of sp³-hybridized carbons (Fsp3) is 0.667. The highest BCUT2D eigenvalue weighted by atomic mass is 19.1. The highest BCUT2D eigenvalue weighted by Crippen LogP contribution is 2.39. The van der Waals surface area contributed by atoms with Gasteiger partial charge >= 0.3 is 0 Å². The second kappa shape index (κ2) is 6.05. The van der Waals surface area contributed by atoms with Crippen molar-refractivity contribution in [1.29, 1.82) is 0 Å². The van der Waals surface area contributed by atoms with Gasteiger partial charge in [0.1, 0.15) is 5.82 Å². The third-order valence-corrected chi connectivity index (χ3v) is 5.83. The molecule has 116 valence electrons. The largest absolute Gasteiger partial charge is 0.316 e. The Morgan fingerprint density at radius 1 is 1.29 bits per heavy atom. The van der Waals surface area contributed by atoms with Crippen LogP contribution >= 0.6 is 0 Å². The van der Waals surface area contributed by atoms with E-state index >= 15 is 0 Å². The first-order valence-corrected chi connectivity index (χ1v) is 8.22. The molecule has 1 aromatic carbocycles. The first-order valence-electron chi connectivity index (χ1n) is 8.22. The van der Waals surface area contributed by atoms with Crippen LogP contribution in [0.15, 0.2) is 18.2 Å². The van der Waals surface area contributed by atoms with E-state index in [1.54, 1.807) is 12.1 Å². The fourth-order valence-electron chi connectivity index (χ4n) is 4.38. The van der Waals surface area contributed by atoms with Crippen molar-refractivity contribution in [3.05, 3.63) is 35.1 Å². The van der Waals surface area contributed by atoms with Crippen LogP contribution in [-0.2, 0) is 6.42 Å². The van der Waals surface area contributed by atoms with Crippen LogP contribution in [-0.4, -0.2) is 37.1 Å². The standard InChI is InChI=1S/C18H27FN2/c1-12-4-5-15(19)8-13(12)11-18(20-2)14-9-16-6-7-17(10-14)21(16)3/h4-5,8,14,16-18,20H,6-7,9-11H2,1-3H3. The van der Waals surface area contributed by atoms with Crippen LogP contribution in [0.2, 0.25) is 0 Å². The fourth-order valence-corrected chi connectivity index (χ4v) is 4.38. The van der Waals surface area contributed by atoms with Crippen molar-refractivity contribution in [1.82, 2.24) is 10.2 Å². The Hall–Kier alpha value is -0.930. The molecule has 21 heavy (non-hydrogen) atoms. The van der Waals surface area contributed by atoms with Gasteiger partial charge in [-0.1, -0.05) is 6.07 Å².